The van der Waals surface area contributed by atoms with Crippen molar-refractivity contribution in [2.75, 3.05) is 5.32 Å². The minimum atomic E-state index is 0. The molecule has 0 saturated heterocycles. The van der Waals surface area contributed by atoms with Crippen LogP contribution in [0.4, 0.5) is 5.69 Å². The highest BCUT2D eigenvalue weighted by Crippen LogP contribution is 2.26. The number of hydrogen-bond donors (Lipinski definition) is 1. The average Bonchev–Trinajstić information content (AvgIpc) is 2.95. The Bertz CT molecular complexity index is 829. The first kappa shape index (κ1) is 18.6. The zero-order valence-corrected chi connectivity index (χ0v) is 15.7. The van der Waals surface area contributed by atoms with Gasteiger partial charge in [0.15, 0.2) is 5.65 Å². The van der Waals surface area contributed by atoms with Crippen LogP contribution in [0.3, 0.4) is 0 Å². The third-order valence-corrected chi connectivity index (χ3v) is 4.33. The second kappa shape index (κ2) is 7.86. The molecule has 0 aliphatic carbocycles. The van der Waals surface area contributed by atoms with Crippen LogP contribution < -0.4 is 5.32 Å². The smallest absolute Gasteiger partial charge is 0.178 e. The summed E-state index contributed by atoms with van der Waals surface area (Å²) in [6.45, 7) is 6.24. The van der Waals surface area contributed by atoms with E-state index in [1.165, 1.54) is 11.1 Å². The van der Waals surface area contributed by atoms with Gasteiger partial charge in [0.25, 0.3) is 0 Å². The molecule has 1 atom stereocenters. The standard InChI is InChI=1S/C18H21ClN4.ClH/c1-4-15-7-5-6-8-16(15)12(2)20-17-9-14(10-19)11-23-18(17)21-13(3)22-23;/h5-9,11-12,20H,4,10H2,1-3H3;1H. The number of aryl methyl sites for hydroxylation is 2. The van der Waals surface area contributed by atoms with Crippen LogP contribution in [0.5, 0.6) is 0 Å². The number of aromatic nitrogens is 3. The van der Waals surface area contributed by atoms with Crippen molar-refractivity contribution < 1.29 is 0 Å². The molecule has 0 saturated carbocycles. The first-order valence-corrected chi connectivity index (χ1v) is 8.42. The van der Waals surface area contributed by atoms with Gasteiger partial charge in [-0.15, -0.1) is 24.0 Å². The van der Waals surface area contributed by atoms with Crippen molar-refractivity contribution in [1.29, 1.82) is 0 Å². The van der Waals surface area contributed by atoms with Gasteiger partial charge in [-0.3, -0.25) is 0 Å². The summed E-state index contributed by atoms with van der Waals surface area (Å²) in [5, 5.41) is 7.99. The molecule has 3 aromatic rings. The van der Waals surface area contributed by atoms with E-state index in [-0.39, 0.29) is 18.4 Å². The molecule has 1 aromatic carbocycles. The summed E-state index contributed by atoms with van der Waals surface area (Å²) in [4.78, 5) is 4.52. The topological polar surface area (TPSA) is 42.2 Å². The number of anilines is 1. The summed E-state index contributed by atoms with van der Waals surface area (Å²) < 4.78 is 1.80. The number of rotatable bonds is 5. The summed E-state index contributed by atoms with van der Waals surface area (Å²) in [5.41, 5.74) is 5.47. The van der Waals surface area contributed by atoms with Crippen molar-refractivity contribution in [3.63, 3.8) is 0 Å². The van der Waals surface area contributed by atoms with Crippen LogP contribution in [0.2, 0.25) is 0 Å². The Morgan fingerprint density at radius 1 is 1.29 bits per heavy atom. The van der Waals surface area contributed by atoms with Gasteiger partial charge in [-0.25, -0.2) is 9.50 Å². The molecule has 2 heterocycles. The molecule has 2 aromatic heterocycles. The zero-order valence-electron chi connectivity index (χ0n) is 14.1. The largest absolute Gasteiger partial charge is 0.375 e. The fourth-order valence-electron chi connectivity index (χ4n) is 2.92. The summed E-state index contributed by atoms with van der Waals surface area (Å²) in [7, 11) is 0. The molecular formula is C18H22Cl2N4. The van der Waals surface area contributed by atoms with Crippen LogP contribution in [0.15, 0.2) is 36.5 Å². The predicted octanol–water partition coefficient (Wildman–Crippen LogP) is 4.93. The van der Waals surface area contributed by atoms with E-state index in [9.17, 15) is 0 Å². The third kappa shape index (κ3) is 3.65. The van der Waals surface area contributed by atoms with Crippen LogP contribution >= 0.6 is 24.0 Å². The number of fused-ring (bicyclic) bond motifs is 1. The van der Waals surface area contributed by atoms with E-state index in [4.69, 9.17) is 11.6 Å². The highest BCUT2D eigenvalue weighted by atomic mass is 35.5. The van der Waals surface area contributed by atoms with Gasteiger partial charge in [0.1, 0.15) is 5.82 Å². The first-order valence-electron chi connectivity index (χ1n) is 7.88. The van der Waals surface area contributed by atoms with E-state index in [0.717, 1.165) is 29.1 Å². The number of benzene rings is 1. The van der Waals surface area contributed by atoms with Gasteiger partial charge in [-0.2, -0.15) is 5.10 Å². The van der Waals surface area contributed by atoms with Gasteiger partial charge in [-0.05, 0) is 43.0 Å². The lowest BCUT2D eigenvalue weighted by molar-refractivity contribution is 0.856. The van der Waals surface area contributed by atoms with Gasteiger partial charge in [0.2, 0.25) is 0 Å². The number of alkyl halides is 1. The lowest BCUT2D eigenvalue weighted by Gasteiger charge is -2.19. The Kier molecular flexibility index (Phi) is 6.08. The molecule has 0 aliphatic rings. The number of pyridine rings is 1. The molecule has 0 bridgehead atoms. The molecule has 128 valence electrons. The minimum absolute atomic E-state index is 0. The van der Waals surface area contributed by atoms with Gasteiger partial charge >= 0.3 is 0 Å². The molecule has 0 spiro atoms. The van der Waals surface area contributed by atoms with Crippen molar-refractivity contribution in [1.82, 2.24) is 14.6 Å². The zero-order chi connectivity index (χ0) is 16.4. The monoisotopic (exact) mass is 364 g/mol. The normalized spacial score (nSPS) is 12.0. The first-order chi connectivity index (χ1) is 11.1. The Morgan fingerprint density at radius 2 is 2.04 bits per heavy atom. The van der Waals surface area contributed by atoms with E-state index < -0.39 is 0 Å². The summed E-state index contributed by atoms with van der Waals surface area (Å²) in [6.07, 6.45) is 2.95. The molecule has 4 nitrogen and oxygen atoms in total. The van der Waals surface area contributed by atoms with E-state index in [0.29, 0.717) is 5.88 Å². The Morgan fingerprint density at radius 3 is 2.75 bits per heavy atom. The number of halogens is 2. The molecule has 0 amide bonds. The van der Waals surface area contributed by atoms with Gasteiger partial charge in [0.05, 0.1) is 5.69 Å². The molecule has 6 heteroatoms. The SMILES string of the molecule is CCc1ccccc1C(C)Nc1cc(CCl)cn2nc(C)nc12.Cl. The molecular weight excluding hydrogens is 343 g/mol. The summed E-state index contributed by atoms with van der Waals surface area (Å²) in [5.74, 6) is 1.20. The van der Waals surface area contributed by atoms with Crippen molar-refractivity contribution in [2.45, 2.75) is 39.1 Å². The molecule has 0 aliphatic heterocycles. The highest BCUT2D eigenvalue weighted by Gasteiger charge is 2.13. The third-order valence-electron chi connectivity index (χ3n) is 4.02. The van der Waals surface area contributed by atoms with E-state index in [1.807, 2.05) is 13.1 Å². The lowest BCUT2D eigenvalue weighted by atomic mass is 9.99. The fourth-order valence-corrected chi connectivity index (χ4v) is 3.06. The molecule has 24 heavy (non-hydrogen) atoms. The van der Waals surface area contributed by atoms with Crippen LogP contribution in [0.1, 0.15) is 42.4 Å². The minimum Gasteiger partial charge on any atom is -0.375 e. The van der Waals surface area contributed by atoms with Crippen molar-refractivity contribution in [3.05, 3.63) is 59.0 Å². The lowest BCUT2D eigenvalue weighted by Crippen LogP contribution is -2.10. The van der Waals surface area contributed by atoms with Crippen molar-refractivity contribution in [3.8, 4) is 0 Å². The number of nitrogens with one attached hydrogen (secondary N) is 1. The Balaban J connectivity index is 0.00000208. The van der Waals surface area contributed by atoms with E-state index in [2.05, 4.69) is 59.6 Å². The van der Waals surface area contributed by atoms with Crippen LogP contribution in [0, 0.1) is 6.92 Å². The van der Waals surface area contributed by atoms with Gasteiger partial charge in [0, 0.05) is 18.1 Å². The predicted molar refractivity (Wildman–Crippen MR) is 102 cm³/mol. The summed E-state index contributed by atoms with van der Waals surface area (Å²) in [6, 6.07) is 10.8. The van der Waals surface area contributed by atoms with Crippen LogP contribution in [-0.2, 0) is 12.3 Å². The molecule has 3 rings (SSSR count). The number of nitrogens with zero attached hydrogens (tertiary/aromatic N) is 3. The van der Waals surface area contributed by atoms with Crippen molar-refractivity contribution in [2.24, 2.45) is 0 Å². The van der Waals surface area contributed by atoms with Crippen LogP contribution in [0.25, 0.3) is 5.65 Å². The van der Waals surface area contributed by atoms with Crippen molar-refractivity contribution >= 4 is 35.3 Å². The maximum absolute atomic E-state index is 6.02. The molecule has 0 fully saturated rings. The molecule has 0 radical (unpaired) electrons. The van der Waals surface area contributed by atoms with Gasteiger partial charge < -0.3 is 5.32 Å². The maximum atomic E-state index is 6.02. The second-order valence-electron chi connectivity index (χ2n) is 5.74. The van der Waals surface area contributed by atoms with Crippen LogP contribution in [-0.4, -0.2) is 14.6 Å². The maximum Gasteiger partial charge on any atom is 0.178 e. The highest BCUT2D eigenvalue weighted by molar-refractivity contribution is 6.17. The Hall–Kier alpha value is -1.78. The van der Waals surface area contributed by atoms with Gasteiger partial charge in [-0.1, -0.05) is 31.2 Å². The molecule has 1 N–H and O–H groups in total. The Labute approximate surface area is 153 Å². The molecule has 1 unspecified atom stereocenters. The quantitative estimate of drug-likeness (QED) is 0.652. The fraction of sp³-hybridized carbons (Fsp3) is 0.333. The number of hydrogen-bond acceptors (Lipinski definition) is 3. The van der Waals surface area contributed by atoms with E-state index >= 15 is 0 Å². The second-order valence-corrected chi connectivity index (χ2v) is 6.01. The summed E-state index contributed by atoms with van der Waals surface area (Å²) >= 11 is 6.02. The average molecular weight is 365 g/mol. The van der Waals surface area contributed by atoms with E-state index in [1.54, 1.807) is 4.52 Å².